The van der Waals surface area contributed by atoms with Crippen LogP contribution in [0.2, 0.25) is 0 Å². The molecule has 1 aromatic rings. The first kappa shape index (κ1) is 16.5. The number of nitrogens with zero attached hydrogens (tertiary/aromatic N) is 1. The lowest BCUT2D eigenvalue weighted by Crippen LogP contribution is -2.35. The van der Waals surface area contributed by atoms with E-state index in [4.69, 9.17) is 9.84 Å². The molecule has 0 spiro atoms. The number of aromatic carboxylic acids is 1. The molecule has 0 aliphatic heterocycles. The van der Waals surface area contributed by atoms with Crippen molar-refractivity contribution in [2.75, 3.05) is 19.7 Å². The van der Waals surface area contributed by atoms with Crippen LogP contribution in [0, 0.1) is 6.92 Å². The first-order valence-corrected chi connectivity index (χ1v) is 6.46. The van der Waals surface area contributed by atoms with Gasteiger partial charge in [-0.3, -0.25) is 4.79 Å². The SMILES string of the molecule is C=CCN(CC=C)C(=O)COc1ccc(C(=O)O)cc1C. The molecule has 5 nitrogen and oxygen atoms in total. The Labute approximate surface area is 124 Å². The van der Waals surface area contributed by atoms with E-state index in [0.717, 1.165) is 0 Å². The molecule has 112 valence electrons. The Bertz CT molecular complexity index is 541. The number of carboxylic acid groups (broad SMARTS) is 1. The predicted molar refractivity (Wildman–Crippen MR) is 80.6 cm³/mol. The zero-order valence-corrected chi connectivity index (χ0v) is 12.0. The molecule has 0 aliphatic carbocycles. The summed E-state index contributed by atoms with van der Waals surface area (Å²) in [5.41, 5.74) is 0.854. The number of benzene rings is 1. The summed E-state index contributed by atoms with van der Waals surface area (Å²) in [6.07, 6.45) is 3.27. The summed E-state index contributed by atoms with van der Waals surface area (Å²) in [5.74, 6) is -0.689. The molecule has 1 aromatic carbocycles. The average Bonchev–Trinajstić information content (AvgIpc) is 2.45. The van der Waals surface area contributed by atoms with E-state index < -0.39 is 5.97 Å². The van der Waals surface area contributed by atoms with Gasteiger partial charge in [0, 0.05) is 13.1 Å². The summed E-state index contributed by atoms with van der Waals surface area (Å²) in [5, 5.41) is 8.89. The highest BCUT2D eigenvalue weighted by Gasteiger charge is 2.13. The lowest BCUT2D eigenvalue weighted by molar-refractivity contribution is -0.132. The Hall–Kier alpha value is -2.56. The lowest BCUT2D eigenvalue weighted by atomic mass is 10.1. The number of hydrogen-bond donors (Lipinski definition) is 1. The van der Waals surface area contributed by atoms with Crippen molar-refractivity contribution >= 4 is 11.9 Å². The molecule has 1 rings (SSSR count). The van der Waals surface area contributed by atoms with Gasteiger partial charge in [0.2, 0.25) is 0 Å². The van der Waals surface area contributed by atoms with Gasteiger partial charge in [-0.2, -0.15) is 0 Å². The maximum Gasteiger partial charge on any atom is 0.335 e. The van der Waals surface area contributed by atoms with E-state index in [2.05, 4.69) is 13.2 Å². The van der Waals surface area contributed by atoms with Crippen LogP contribution in [0.25, 0.3) is 0 Å². The van der Waals surface area contributed by atoms with Crippen molar-refractivity contribution in [1.29, 1.82) is 0 Å². The van der Waals surface area contributed by atoms with Crippen LogP contribution < -0.4 is 4.74 Å². The normalized spacial score (nSPS) is 9.76. The fraction of sp³-hybridized carbons (Fsp3) is 0.250. The molecular weight excluding hydrogens is 270 g/mol. The summed E-state index contributed by atoms with van der Waals surface area (Å²) in [7, 11) is 0. The number of aryl methyl sites for hydroxylation is 1. The number of carboxylic acids is 1. The van der Waals surface area contributed by atoms with Gasteiger partial charge in [0.1, 0.15) is 5.75 Å². The van der Waals surface area contributed by atoms with Crippen molar-refractivity contribution in [1.82, 2.24) is 4.90 Å². The highest BCUT2D eigenvalue weighted by atomic mass is 16.5. The van der Waals surface area contributed by atoms with Crippen molar-refractivity contribution in [2.45, 2.75) is 6.92 Å². The maximum atomic E-state index is 12.0. The first-order valence-electron chi connectivity index (χ1n) is 6.46. The quantitative estimate of drug-likeness (QED) is 0.746. The van der Waals surface area contributed by atoms with E-state index in [9.17, 15) is 9.59 Å². The Morgan fingerprint density at radius 3 is 2.38 bits per heavy atom. The topological polar surface area (TPSA) is 66.8 Å². The van der Waals surface area contributed by atoms with E-state index >= 15 is 0 Å². The van der Waals surface area contributed by atoms with Gasteiger partial charge in [-0.1, -0.05) is 12.2 Å². The van der Waals surface area contributed by atoms with Crippen LogP contribution in [0.3, 0.4) is 0 Å². The van der Waals surface area contributed by atoms with Gasteiger partial charge < -0.3 is 14.7 Å². The van der Waals surface area contributed by atoms with Crippen LogP contribution in [-0.4, -0.2) is 41.6 Å². The van der Waals surface area contributed by atoms with Gasteiger partial charge in [-0.15, -0.1) is 13.2 Å². The molecule has 5 heteroatoms. The van der Waals surface area contributed by atoms with Gasteiger partial charge in [-0.05, 0) is 30.7 Å². The van der Waals surface area contributed by atoms with Crippen LogP contribution >= 0.6 is 0 Å². The Balaban J connectivity index is 2.69. The average molecular weight is 289 g/mol. The summed E-state index contributed by atoms with van der Waals surface area (Å²) >= 11 is 0. The highest BCUT2D eigenvalue weighted by Crippen LogP contribution is 2.19. The maximum absolute atomic E-state index is 12.0. The van der Waals surface area contributed by atoms with Gasteiger partial charge in [0.25, 0.3) is 5.91 Å². The fourth-order valence-corrected chi connectivity index (χ4v) is 1.77. The summed E-state index contributed by atoms with van der Waals surface area (Å²) in [4.78, 5) is 24.4. The van der Waals surface area contributed by atoms with Gasteiger partial charge in [0.05, 0.1) is 5.56 Å². The summed E-state index contributed by atoms with van der Waals surface area (Å²) < 4.78 is 5.45. The fourth-order valence-electron chi connectivity index (χ4n) is 1.77. The molecule has 0 heterocycles. The number of amides is 1. The first-order chi connectivity index (χ1) is 9.99. The predicted octanol–water partition coefficient (Wildman–Crippen LogP) is 2.27. The van der Waals surface area contributed by atoms with Gasteiger partial charge in [0.15, 0.2) is 6.61 Å². The zero-order valence-electron chi connectivity index (χ0n) is 12.0. The van der Waals surface area contributed by atoms with Crippen LogP contribution in [0.1, 0.15) is 15.9 Å². The molecule has 0 saturated carbocycles. The molecule has 0 unspecified atom stereocenters. The molecule has 0 aromatic heterocycles. The highest BCUT2D eigenvalue weighted by molar-refractivity contribution is 5.88. The van der Waals surface area contributed by atoms with E-state index in [1.54, 1.807) is 30.0 Å². The largest absolute Gasteiger partial charge is 0.483 e. The molecule has 0 aliphatic rings. The third kappa shape index (κ3) is 4.80. The van der Waals surface area contributed by atoms with Crippen LogP contribution in [0.4, 0.5) is 0 Å². The van der Waals surface area contributed by atoms with E-state index in [-0.39, 0.29) is 18.1 Å². The molecule has 0 atom stereocenters. The minimum atomic E-state index is -0.996. The van der Waals surface area contributed by atoms with Crippen molar-refractivity contribution in [3.05, 3.63) is 54.6 Å². The minimum absolute atomic E-state index is 0.116. The van der Waals surface area contributed by atoms with E-state index in [1.165, 1.54) is 12.1 Å². The van der Waals surface area contributed by atoms with E-state index in [0.29, 0.717) is 24.4 Å². The van der Waals surface area contributed by atoms with Gasteiger partial charge in [-0.25, -0.2) is 4.79 Å². The number of carbonyl (C=O) groups excluding carboxylic acids is 1. The van der Waals surface area contributed by atoms with Gasteiger partial charge >= 0.3 is 5.97 Å². The molecule has 1 amide bonds. The summed E-state index contributed by atoms with van der Waals surface area (Å²) in [6.45, 7) is 9.66. The second-order valence-corrected chi connectivity index (χ2v) is 4.45. The Morgan fingerprint density at radius 2 is 1.90 bits per heavy atom. The van der Waals surface area contributed by atoms with Crippen molar-refractivity contribution < 1.29 is 19.4 Å². The smallest absolute Gasteiger partial charge is 0.335 e. The molecule has 0 bridgehead atoms. The molecular formula is C16H19NO4. The minimum Gasteiger partial charge on any atom is -0.483 e. The van der Waals surface area contributed by atoms with Crippen molar-refractivity contribution in [3.8, 4) is 5.75 Å². The molecule has 1 N–H and O–H groups in total. The zero-order chi connectivity index (χ0) is 15.8. The number of ether oxygens (including phenoxy) is 1. The number of hydrogen-bond acceptors (Lipinski definition) is 3. The second kappa shape index (κ2) is 7.89. The Kier molecular flexibility index (Phi) is 6.20. The van der Waals surface area contributed by atoms with Crippen LogP contribution in [0.5, 0.6) is 5.75 Å². The second-order valence-electron chi connectivity index (χ2n) is 4.45. The molecule has 0 radical (unpaired) electrons. The standard InChI is InChI=1S/C16H19NO4/c1-4-8-17(9-5-2)15(18)11-21-14-7-6-13(16(19)20)10-12(14)3/h4-7,10H,1-2,8-9,11H2,3H3,(H,19,20). The Morgan fingerprint density at radius 1 is 1.29 bits per heavy atom. The number of rotatable bonds is 8. The third-order valence-corrected chi connectivity index (χ3v) is 2.82. The monoisotopic (exact) mass is 289 g/mol. The third-order valence-electron chi connectivity index (χ3n) is 2.82. The molecule has 0 saturated heterocycles. The number of carbonyl (C=O) groups is 2. The lowest BCUT2D eigenvalue weighted by Gasteiger charge is -2.19. The molecule has 0 fully saturated rings. The van der Waals surface area contributed by atoms with Crippen LogP contribution in [0.15, 0.2) is 43.5 Å². The van der Waals surface area contributed by atoms with Crippen molar-refractivity contribution in [3.63, 3.8) is 0 Å². The van der Waals surface area contributed by atoms with Crippen LogP contribution in [-0.2, 0) is 4.79 Å². The van der Waals surface area contributed by atoms with E-state index in [1.807, 2.05) is 0 Å². The summed E-state index contributed by atoms with van der Waals surface area (Å²) in [6, 6.07) is 4.51. The molecule has 21 heavy (non-hydrogen) atoms. The van der Waals surface area contributed by atoms with Crippen molar-refractivity contribution in [2.24, 2.45) is 0 Å².